The van der Waals surface area contributed by atoms with Crippen molar-refractivity contribution in [1.82, 2.24) is 20.0 Å². The Morgan fingerprint density at radius 2 is 1.89 bits per heavy atom. The zero-order chi connectivity index (χ0) is 19.9. The molecule has 1 aromatic carbocycles. The number of benzene rings is 1. The Labute approximate surface area is 165 Å². The third-order valence-electron chi connectivity index (χ3n) is 5.04. The molecule has 1 N–H and O–H groups in total. The Hall–Kier alpha value is -2.67. The first-order valence-electron chi connectivity index (χ1n) is 9.90. The first-order valence-corrected chi connectivity index (χ1v) is 9.90. The van der Waals surface area contributed by atoms with Crippen molar-refractivity contribution in [2.75, 3.05) is 26.3 Å². The Morgan fingerprint density at radius 3 is 2.54 bits per heavy atom. The summed E-state index contributed by atoms with van der Waals surface area (Å²) in [5.74, 6) is -0.293. The predicted molar refractivity (Wildman–Crippen MR) is 106 cm³/mol. The monoisotopic (exact) mass is 384 g/mol. The quantitative estimate of drug-likeness (QED) is 0.791. The molecule has 3 rings (SSSR count). The van der Waals surface area contributed by atoms with Crippen molar-refractivity contribution in [2.24, 2.45) is 0 Å². The summed E-state index contributed by atoms with van der Waals surface area (Å²) < 4.78 is 7.16. The number of carbonyl (C=O) groups is 2. The SMILES string of the molecule is CCc1c(C(=O)NC(CC)C(=O)N2CCOCC2)cnn1Cc1ccccc1. The van der Waals surface area contributed by atoms with Crippen LogP contribution in [0, 0.1) is 0 Å². The van der Waals surface area contributed by atoms with Gasteiger partial charge in [0.1, 0.15) is 6.04 Å². The third-order valence-corrected chi connectivity index (χ3v) is 5.04. The molecule has 1 saturated heterocycles. The topological polar surface area (TPSA) is 76.5 Å². The van der Waals surface area contributed by atoms with Crippen LogP contribution in [-0.4, -0.2) is 58.8 Å². The van der Waals surface area contributed by atoms with E-state index >= 15 is 0 Å². The van der Waals surface area contributed by atoms with Gasteiger partial charge in [-0.25, -0.2) is 0 Å². The van der Waals surface area contributed by atoms with Crippen molar-refractivity contribution in [3.8, 4) is 0 Å². The molecule has 1 atom stereocenters. The molecule has 7 nitrogen and oxygen atoms in total. The number of ether oxygens (including phenoxy) is 1. The molecule has 2 aromatic rings. The molecule has 0 aliphatic carbocycles. The summed E-state index contributed by atoms with van der Waals surface area (Å²) in [5.41, 5.74) is 2.53. The van der Waals surface area contributed by atoms with Crippen LogP contribution in [0.3, 0.4) is 0 Å². The minimum atomic E-state index is -0.534. The van der Waals surface area contributed by atoms with Gasteiger partial charge < -0.3 is 15.0 Å². The molecule has 2 heterocycles. The second-order valence-electron chi connectivity index (χ2n) is 6.87. The average molecular weight is 384 g/mol. The number of nitrogens with zero attached hydrogens (tertiary/aromatic N) is 3. The van der Waals surface area contributed by atoms with Gasteiger partial charge in [0.25, 0.3) is 5.91 Å². The zero-order valence-electron chi connectivity index (χ0n) is 16.6. The van der Waals surface area contributed by atoms with Gasteiger partial charge in [-0.2, -0.15) is 5.10 Å². The third kappa shape index (κ3) is 4.59. The van der Waals surface area contributed by atoms with Crippen molar-refractivity contribution in [3.63, 3.8) is 0 Å². The maximum Gasteiger partial charge on any atom is 0.255 e. The Balaban J connectivity index is 1.71. The van der Waals surface area contributed by atoms with Gasteiger partial charge in [-0.1, -0.05) is 44.2 Å². The number of hydrogen-bond donors (Lipinski definition) is 1. The van der Waals surface area contributed by atoms with Crippen LogP contribution in [0.2, 0.25) is 0 Å². The van der Waals surface area contributed by atoms with E-state index in [1.54, 1.807) is 11.1 Å². The number of hydrogen-bond acceptors (Lipinski definition) is 4. The largest absolute Gasteiger partial charge is 0.378 e. The van der Waals surface area contributed by atoms with E-state index in [9.17, 15) is 9.59 Å². The maximum absolute atomic E-state index is 12.9. The summed E-state index contributed by atoms with van der Waals surface area (Å²) in [4.78, 5) is 27.4. The van der Waals surface area contributed by atoms with E-state index in [0.717, 1.165) is 11.3 Å². The summed E-state index contributed by atoms with van der Waals surface area (Å²) in [6.45, 7) is 6.75. The normalized spacial score (nSPS) is 15.3. The van der Waals surface area contributed by atoms with E-state index in [-0.39, 0.29) is 11.8 Å². The molecule has 7 heteroatoms. The molecular formula is C21H28N4O3. The van der Waals surface area contributed by atoms with Crippen LogP contribution < -0.4 is 5.32 Å². The smallest absolute Gasteiger partial charge is 0.255 e. The lowest BCUT2D eigenvalue weighted by atomic mass is 10.1. The van der Waals surface area contributed by atoms with E-state index in [0.29, 0.717) is 51.3 Å². The second-order valence-corrected chi connectivity index (χ2v) is 6.87. The first kappa shape index (κ1) is 20.1. The van der Waals surface area contributed by atoms with Crippen LogP contribution in [0.5, 0.6) is 0 Å². The molecule has 0 radical (unpaired) electrons. The standard InChI is InChI=1S/C21H28N4O3/c1-3-18(21(27)24-10-12-28-13-11-24)23-20(26)17-14-22-25(19(17)4-2)15-16-8-6-5-7-9-16/h5-9,14,18H,3-4,10-13,15H2,1-2H3,(H,23,26). The molecule has 1 aromatic heterocycles. The molecule has 1 aliphatic heterocycles. The van der Waals surface area contributed by atoms with Gasteiger partial charge >= 0.3 is 0 Å². The maximum atomic E-state index is 12.9. The van der Waals surface area contributed by atoms with Gasteiger partial charge in [-0.3, -0.25) is 14.3 Å². The summed E-state index contributed by atoms with van der Waals surface area (Å²) in [7, 11) is 0. The Bertz CT molecular complexity index is 797. The van der Waals surface area contributed by atoms with E-state index in [1.165, 1.54) is 0 Å². The Kier molecular flexibility index (Phi) is 6.81. The fraction of sp³-hybridized carbons (Fsp3) is 0.476. The minimum Gasteiger partial charge on any atom is -0.378 e. The van der Waals surface area contributed by atoms with E-state index in [4.69, 9.17) is 4.74 Å². The lowest BCUT2D eigenvalue weighted by molar-refractivity contribution is -0.137. The summed E-state index contributed by atoms with van der Waals surface area (Å²) in [6, 6.07) is 9.49. The van der Waals surface area contributed by atoms with Crippen molar-refractivity contribution in [2.45, 2.75) is 39.3 Å². The van der Waals surface area contributed by atoms with E-state index < -0.39 is 6.04 Å². The predicted octanol–water partition coefficient (Wildman–Crippen LogP) is 1.86. The average Bonchev–Trinajstić information content (AvgIpc) is 3.15. The minimum absolute atomic E-state index is 0.0473. The number of carbonyl (C=O) groups excluding carboxylic acids is 2. The van der Waals surface area contributed by atoms with Crippen LogP contribution in [0.4, 0.5) is 0 Å². The number of amides is 2. The number of rotatable bonds is 7. The molecule has 1 unspecified atom stereocenters. The van der Waals surface area contributed by atoms with Gasteiger partial charge in [0, 0.05) is 13.1 Å². The second kappa shape index (κ2) is 9.50. The van der Waals surface area contributed by atoms with Gasteiger partial charge in [0.15, 0.2) is 0 Å². The molecular weight excluding hydrogens is 356 g/mol. The fourth-order valence-corrected chi connectivity index (χ4v) is 3.44. The van der Waals surface area contributed by atoms with Crippen molar-refractivity contribution in [1.29, 1.82) is 0 Å². The van der Waals surface area contributed by atoms with Crippen molar-refractivity contribution >= 4 is 11.8 Å². The molecule has 28 heavy (non-hydrogen) atoms. The van der Waals surface area contributed by atoms with Gasteiger partial charge in [-0.15, -0.1) is 0 Å². The van der Waals surface area contributed by atoms with Crippen LogP contribution in [-0.2, 0) is 22.5 Å². The lowest BCUT2D eigenvalue weighted by Gasteiger charge is -2.30. The summed E-state index contributed by atoms with van der Waals surface area (Å²) in [5, 5.41) is 7.32. The highest BCUT2D eigenvalue weighted by atomic mass is 16.5. The first-order chi connectivity index (χ1) is 13.6. The molecule has 0 bridgehead atoms. The molecule has 1 aliphatic rings. The van der Waals surface area contributed by atoms with E-state index in [1.807, 2.05) is 48.9 Å². The molecule has 1 fully saturated rings. The lowest BCUT2D eigenvalue weighted by Crippen LogP contribution is -2.51. The van der Waals surface area contributed by atoms with Gasteiger partial charge in [0.2, 0.25) is 5.91 Å². The van der Waals surface area contributed by atoms with Crippen LogP contribution in [0.1, 0.15) is 41.9 Å². The van der Waals surface area contributed by atoms with Gasteiger partial charge in [-0.05, 0) is 18.4 Å². The van der Waals surface area contributed by atoms with E-state index in [2.05, 4.69) is 10.4 Å². The van der Waals surface area contributed by atoms with Gasteiger partial charge in [0.05, 0.1) is 37.2 Å². The summed E-state index contributed by atoms with van der Waals surface area (Å²) >= 11 is 0. The van der Waals surface area contributed by atoms with Crippen molar-refractivity contribution < 1.29 is 14.3 Å². The van der Waals surface area contributed by atoms with Crippen molar-refractivity contribution in [3.05, 3.63) is 53.3 Å². The number of nitrogens with one attached hydrogen (secondary N) is 1. The highest BCUT2D eigenvalue weighted by molar-refractivity contribution is 5.98. The van der Waals surface area contributed by atoms with Crippen LogP contribution in [0.15, 0.2) is 36.5 Å². The van der Waals surface area contributed by atoms with Crippen LogP contribution >= 0.6 is 0 Å². The number of morpholine rings is 1. The Morgan fingerprint density at radius 1 is 1.18 bits per heavy atom. The molecule has 0 saturated carbocycles. The zero-order valence-corrected chi connectivity index (χ0v) is 16.6. The molecule has 150 valence electrons. The van der Waals surface area contributed by atoms with Crippen LogP contribution in [0.25, 0.3) is 0 Å². The number of aromatic nitrogens is 2. The summed E-state index contributed by atoms with van der Waals surface area (Å²) in [6.07, 6.45) is 2.83. The molecule has 2 amide bonds. The fourth-order valence-electron chi connectivity index (χ4n) is 3.44. The highest BCUT2D eigenvalue weighted by Gasteiger charge is 2.27. The highest BCUT2D eigenvalue weighted by Crippen LogP contribution is 2.13. The molecule has 0 spiro atoms.